The molecular weight excluding hydrogens is 312 g/mol. The topological polar surface area (TPSA) is 26.3 Å². The molecule has 1 aromatic rings. The minimum atomic E-state index is -0.291. The van der Waals surface area contributed by atoms with Crippen LogP contribution in [0.3, 0.4) is 0 Å². The Morgan fingerprint density at radius 2 is 2.21 bits per heavy atom. The van der Waals surface area contributed by atoms with E-state index in [0.717, 1.165) is 15.4 Å². The van der Waals surface area contributed by atoms with Gasteiger partial charge in [-0.2, -0.15) is 0 Å². The number of hydrogen-bond acceptors (Lipinski definition) is 2. The fourth-order valence-corrected chi connectivity index (χ4v) is 1.95. The van der Waals surface area contributed by atoms with Crippen molar-refractivity contribution in [1.82, 2.24) is 0 Å². The van der Waals surface area contributed by atoms with Gasteiger partial charge in [-0.3, -0.25) is 0 Å². The molecule has 1 aromatic carbocycles. The first-order valence-corrected chi connectivity index (χ1v) is 6.12. The third kappa shape index (κ3) is 2.82. The molecule has 0 N–H and O–H groups in total. The van der Waals surface area contributed by atoms with Crippen LogP contribution in [0.15, 0.2) is 22.7 Å². The van der Waals surface area contributed by atoms with Crippen molar-refractivity contribution < 1.29 is 9.53 Å². The van der Waals surface area contributed by atoms with E-state index in [9.17, 15) is 4.79 Å². The average molecular weight is 322 g/mol. The van der Waals surface area contributed by atoms with Gasteiger partial charge in [-0.05, 0) is 40.5 Å². The summed E-state index contributed by atoms with van der Waals surface area (Å²) >= 11 is 6.68. The number of alkyl halides is 1. The van der Waals surface area contributed by atoms with Gasteiger partial charge in [0.05, 0.1) is 12.2 Å². The average Bonchev–Trinajstić information content (AvgIpc) is 2.17. The Balaban J connectivity index is 2.94. The third-order valence-corrected chi connectivity index (χ3v) is 2.99. The van der Waals surface area contributed by atoms with Crippen molar-refractivity contribution >= 4 is 37.8 Å². The minimum Gasteiger partial charge on any atom is -0.462 e. The van der Waals surface area contributed by atoms with Gasteiger partial charge < -0.3 is 4.74 Å². The summed E-state index contributed by atoms with van der Waals surface area (Å²) in [5.41, 5.74) is 1.68. The van der Waals surface area contributed by atoms with E-state index in [4.69, 9.17) is 4.74 Å². The summed E-state index contributed by atoms with van der Waals surface area (Å²) in [6, 6.07) is 5.56. The van der Waals surface area contributed by atoms with E-state index in [1.54, 1.807) is 13.0 Å². The number of esters is 1. The van der Waals surface area contributed by atoms with Gasteiger partial charge in [0, 0.05) is 9.80 Å². The Bertz CT molecular complexity index is 337. The van der Waals surface area contributed by atoms with Crippen LogP contribution in [0.4, 0.5) is 0 Å². The first kappa shape index (κ1) is 11.7. The van der Waals surface area contributed by atoms with Crippen molar-refractivity contribution in [2.24, 2.45) is 0 Å². The zero-order valence-corrected chi connectivity index (χ0v) is 10.9. The molecular formula is C10H10Br2O2. The van der Waals surface area contributed by atoms with Crippen LogP contribution in [0, 0.1) is 0 Å². The van der Waals surface area contributed by atoms with Crippen molar-refractivity contribution in [1.29, 1.82) is 0 Å². The van der Waals surface area contributed by atoms with Crippen LogP contribution in [0.25, 0.3) is 0 Å². The molecule has 0 heterocycles. The van der Waals surface area contributed by atoms with Crippen LogP contribution >= 0.6 is 31.9 Å². The highest BCUT2D eigenvalue weighted by atomic mass is 79.9. The number of carbonyl (C=O) groups excluding carboxylic acids is 1. The maximum atomic E-state index is 11.4. The Hall–Kier alpha value is -0.350. The molecule has 0 unspecified atom stereocenters. The Labute approximate surface area is 99.9 Å². The Morgan fingerprint density at radius 3 is 2.71 bits per heavy atom. The van der Waals surface area contributed by atoms with Gasteiger partial charge in [0.25, 0.3) is 0 Å². The van der Waals surface area contributed by atoms with E-state index in [-0.39, 0.29) is 5.97 Å². The molecule has 0 spiro atoms. The quantitative estimate of drug-likeness (QED) is 0.629. The lowest BCUT2D eigenvalue weighted by molar-refractivity contribution is 0.0525. The molecule has 0 aromatic heterocycles. The fourth-order valence-electron chi connectivity index (χ4n) is 1.02. The zero-order valence-electron chi connectivity index (χ0n) is 7.72. The summed E-state index contributed by atoms with van der Waals surface area (Å²) in [7, 11) is 0. The molecule has 0 aliphatic rings. The van der Waals surface area contributed by atoms with Crippen molar-refractivity contribution in [3.63, 3.8) is 0 Å². The lowest BCUT2D eigenvalue weighted by Gasteiger charge is -2.05. The van der Waals surface area contributed by atoms with Gasteiger partial charge in [0.1, 0.15) is 0 Å². The molecule has 2 nitrogen and oxygen atoms in total. The molecule has 0 bridgehead atoms. The van der Waals surface area contributed by atoms with Gasteiger partial charge in [0.2, 0.25) is 0 Å². The number of halogens is 2. The molecule has 0 aliphatic carbocycles. The van der Waals surface area contributed by atoms with Crippen molar-refractivity contribution in [3.05, 3.63) is 33.8 Å². The molecule has 76 valence electrons. The van der Waals surface area contributed by atoms with E-state index < -0.39 is 0 Å². The van der Waals surface area contributed by atoms with Crippen LogP contribution in [0.5, 0.6) is 0 Å². The highest BCUT2D eigenvalue weighted by Crippen LogP contribution is 2.20. The lowest BCUT2D eigenvalue weighted by atomic mass is 10.1. The molecule has 1 rings (SSSR count). The largest absolute Gasteiger partial charge is 0.462 e. The van der Waals surface area contributed by atoms with Gasteiger partial charge in [-0.15, -0.1) is 0 Å². The number of carbonyl (C=O) groups is 1. The summed E-state index contributed by atoms with van der Waals surface area (Å²) in [5, 5.41) is 0.773. The first-order chi connectivity index (χ1) is 6.69. The summed E-state index contributed by atoms with van der Waals surface area (Å²) in [6.45, 7) is 2.18. The summed E-state index contributed by atoms with van der Waals surface area (Å²) in [4.78, 5) is 11.4. The third-order valence-electron chi connectivity index (χ3n) is 1.68. The molecule has 4 heteroatoms. The molecule has 14 heavy (non-hydrogen) atoms. The molecule has 0 fully saturated rings. The maximum Gasteiger partial charge on any atom is 0.339 e. The molecule has 0 amide bonds. The fraction of sp³-hybridized carbons (Fsp3) is 0.300. The smallest absolute Gasteiger partial charge is 0.339 e. The number of ether oxygens (including phenoxy) is 1. The number of rotatable bonds is 3. The lowest BCUT2D eigenvalue weighted by Crippen LogP contribution is -2.05. The predicted molar refractivity (Wildman–Crippen MR) is 62.7 cm³/mol. The zero-order chi connectivity index (χ0) is 10.6. The minimum absolute atomic E-state index is 0.291. The second-order valence-electron chi connectivity index (χ2n) is 2.67. The highest BCUT2D eigenvalue weighted by Gasteiger charge is 2.10. The predicted octanol–water partition coefficient (Wildman–Crippen LogP) is 3.52. The SMILES string of the molecule is CCOC(=O)c1ccc(CBr)cc1Br. The molecule has 0 saturated heterocycles. The van der Waals surface area contributed by atoms with E-state index in [1.807, 2.05) is 12.1 Å². The Kier molecular flexibility index (Phi) is 4.62. The van der Waals surface area contributed by atoms with Crippen molar-refractivity contribution in [2.75, 3.05) is 6.61 Å². The van der Waals surface area contributed by atoms with Crippen LogP contribution in [-0.4, -0.2) is 12.6 Å². The maximum absolute atomic E-state index is 11.4. The van der Waals surface area contributed by atoms with Crippen molar-refractivity contribution in [3.8, 4) is 0 Å². The summed E-state index contributed by atoms with van der Waals surface area (Å²) < 4.78 is 5.67. The molecule has 0 atom stereocenters. The number of benzene rings is 1. The highest BCUT2D eigenvalue weighted by molar-refractivity contribution is 9.10. The van der Waals surface area contributed by atoms with Crippen molar-refractivity contribution in [2.45, 2.75) is 12.3 Å². The molecule has 0 radical (unpaired) electrons. The Morgan fingerprint density at radius 1 is 1.50 bits per heavy atom. The number of hydrogen-bond donors (Lipinski definition) is 0. The van der Waals surface area contributed by atoms with E-state index in [2.05, 4.69) is 31.9 Å². The monoisotopic (exact) mass is 320 g/mol. The normalized spacial score (nSPS) is 9.93. The van der Waals surface area contributed by atoms with Gasteiger partial charge in [-0.25, -0.2) is 4.79 Å². The van der Waals surface area contributed by atoms with Crippen LogP contribution < -0.4 is 0 Å². The van der Waals surface area contributed by atoms with Gasteiger partial charge in [-0.1, -0.05) is 22.0 Å². The van der Waals surface area contributed by atoms with E-state index in [0.29, 0.717) is 12.2 Å². The summed E-state index contributed by atoms with van der Waals surface area (Å²) in [5.74, 6) is -0.291. The first-order valence-electron chi connectivity index (χ1n) is 4.20. The van der Waals surface area contributed by atoms with E-state index in [1.165, 1.54) is 0 Å². The standard InChI is InChI=1S/C10H10Br2O2/c1-2-14-10(13)8-4-3-7(6-11)5-9(8)12/h3-5H,2,6H2,1H3. The second-order valence-corrected chi connectivity index (χ2v) is 4.08. The van der Waals surface area contributed by atoms with Gasteiger partial charge in [0.15, 0.2) is 0 Å². The summed E-state index contributed by atoms with van der Waals surface area (Å²) in [6.07, 6.45) is 0. The molecule has 0 aliphatic heterocycles. The van der Waals surface area contributed by atoms with Crippen LogP contribution in [0.2, 0.25) is 0 Å². The van der Waals surface area contributed by atoms with Crippen LogP contribution in [-0.2, 0) is 10.1 Å². The van der Waals surface area contributed by atoms with Crippen LogP contribution in [0.1, 0.15) is 22.8 Å². The van der Waals surface area contributed by atoms with E-state index >= 15 is 0 Å². The van der Waals surface area contributed by atoms with Gasteiger partial charge >= 0.3 is 5.97 Å². The molecule has 0 saturated carbocycles. The second kappa shape index (κ2) is 5.51.